The van der Waals surface area contributed by atoms with Gasteiger partial charge in [-0.2, -0.15) is 0 Å². The average Bonchev–Trinajstić information content (AvgIpc) is 2.77. The Kier molecular flexibility index (Phi) is 10.8. The lowest BCUT2D eigenvalue weighted by Gasteiger charge is -2.05. The van der Waals surface area contributed by atoms with Gasteiger partial charge in [0.05, 0.1) is 0 Å². The topological polar surface area (TPSA) is 42.0 Å². The number of hydrogen-bond donors (Lipinski definition) is 1. The zero-order valence-electron chi connectivity index (χ0n) is 17.2. The van der Waals surface area contributed by atoms with E-state index in [0.717, 1.165) is 30.0 Å². The molecule has 1 amide bonds. The maximum absolute atomic E-state index is 13.5. The van der Waals surface area contributed by atoms with E-state index in [1.54, 1.807) is 0 Å². The number of fused-ring (bicyclic) bond motifs is 1. The van der Waals surface area contributed by atoms with Gasteiger partial charge in [-0.05, 0) is 54.8 Å². The molecule has 2 aromatic carbocycles. The van der Waals surface area contributed by atoms with Crippen LogP contribution < -0.4 is 5.32 Å². The van der Waals surface area contributed by atoms with Crippen LogP contribution in [0.15, 0.2) is 48.5 Å². The molecule has 0 radical (unpaired) electrons. The lowest BCUT2D eigenvalue weighted by atomic mass is 10.2. The minimum absolute atomic E-state index is 0.0713. The lowest BCUT2D eigenvalue weighted by molar-refractivity contribution is 0.0949. The first-order valence-electron chi connectivity index (χ1n) is 9.73. The molecule has 0 aliphatic carbocycles. The van der Waals surface area contributed by atoms with Crippen molar-refractivity contribution in [3.05, 3.63) is 76.4 Å². The van der Waals surface area contributed by atoms with Gasteiger partial charge < -0.3 is 5.32 Å². The SMILES string of the molecule is CC.CCCNC(=O)c1ccc2c(F)ccc(F)c2n1.CCc1ccc(Cl)cc1. The highest BCUT2D eigenvalue weighted by atomic mass is 35.5. The van der Waals surface area contributed by atoms with Crippen LogP contribution in [0.5, 0.6) is 0 Å². The summed E-state index contributed by atoms with van der Waals surface area (Å²) in [5.41, 5.74) is 1.29. The van der Waals surface area contributed by atoms with Gasteiger partial charge >= 0.3 is 0 Å². The summed E-state index contributed by atoms with van der Waals surface area (Å²) < 4.78 is 26.9. The van der Waals surface area contributed by atoms with E-state index in [1.807, 2.05) is 45.0 Å². The van der Waals surface area contributed by atoms with Crippen LogP contribution in [-0.4, -0.2) is 17.4 Å². The molecular weight excluding hydrogens is 394 g/mol. The number of aromatic nitrogens is 1. The Balaban J connectivity index is 0.000000321. The van der Waals surface area contributed by atoms with Gasteiger partial charge in [-0.25, -0.2) is 13.8 Å². The molecular formula is C23H27ClF2N2O. The van der Waals surface area contributed by atoms with Gasteiger partial charge in [0.25, 0.3) is 5.91 Å². The fourth-order valence-corrected chi connectivity index (χ4v) is 2.45. The second-order valence-corrected chi connectivity index (χ2v) is 6.29. The Bertz CT molecular complexity index is 915. The Morgan fingerprint density at radius 1 is 0.966 bits per heavy atom. The highest BCUT2D eigenvalue weighted by Gasteiger charge is 2.12. The Morgan fingerprint density at radius 2 is 1.59 bits per heavy atom. The van der Waals surface area contributed by atoms with Crippen molar-refractivity contribution in [3.63, 3.8) is 0 Å². The van der Waals surface area contributed by atoms with Crippen LogP contribution in [0.1, 0.15) is 50.2 Å². The fourth-order valence-electron chi connectivity index (χ4n) is 2.32. The van der Waals surface area contributed by atoms with Crippen molar-refractivity contribution < 1.29 is 13.6 Å². The summed E-state index contributed by atoms with van der Waals surface area (Å²) in [4.78, 5) is 15.5. The molecule has 0 bridgehead atoms. The van der Waals surface area contributed by atoms with E-state index in [9.17, 15) is 13.6 Å². The first-order valence-corrected chi connectivity index (χ1v) is 10.1. The number of nitrogens with one attached hydrogen (secondary N) is 1. The molecule has 1 heterocycles. The molecule has 0 unspecified atom stereocenters. The van der Waals surface area contributed by atoms with Crippen molar-refractivity contribution in [1.82, 2.24) is 10.3 Å². The highest BCUT2D eigenvalue weighted by Crippen LogP contribution is 2.19. The van der Waals surface area contributed by atoms with E-state index >= 15 is 0 Å². The van der Waals surface area contributed by atoms with Crippen molar-refractivity contribution in [2.75, 3.05) is 6.54 Å². The van der Waals surface area contributed by atoms with Crippen LogP contribution in [0.25, 0.3) is 10.9 Å². The molecule has 0 saturated heterocycles. The van der Waals surface area contributed by atoms with Crippen molar-refractivity contribution in [3.8, 4) is 0 Å². The Labute approximate surface area is 176 Å². The molecule has 0 aliphatic heterocycles. The van der Waals surface area contributed by atoms with Gasteiger partial charge in [0.1, 0.15) is 22.8 Å². The molecule has 6 heteroatoms. The Hall–Kier alpha value is -2.53. The van der Waals surface area contributed by atoms with Crippen LogP contribution in [0.4, 0.5) is 8.78 Å². The number of carbonyl (C=O) groups excluding carboxylic acids is 1. The lowest BCUT2D eigenvalue weighted by Crippen LogP contribution is -2.24. The second-order valence-electron chi connectivity index (χ2n) is 5.86. The molecule has 29 heavy (non-hydrogen) atoms. The maximum atomic E-state index is 13.5. The summed E-state index contributed by atoms with van der Waals surface area (Å²) in [6.07, 6.45) is 1.87. The summed E-state index contributed by atoms with van der Waals surface area (Å²) in [6.45, 7) is 8.57. The molecule has 0 atom stereocenters. The summed E-state index contributed by atoms with van der Waals surface area (Å²) in [5, 5.41) is 3.51. The third kappa shape index (κ3) is 7.42. The van der Waals surface area contributed by atoms with E-state index < -0.39 is 11.6 Å². The smallest absolute Gasteiger partial charge is 0.269 e. The summed E-state index contributed by atoms with van der Waals surface area (Å²) in [5.74, 6) is -1.58. The number of hydrogen-bond acceptors (Lipinski definition) is 2. The van der Waals surface area contributed by atoms with Crippen LogP contribution >= 0.6 is 11.6 Å². The standard InChI is InChI=1S/C13H12F2N2O.C8H9Cl.C2H6/c1-2-7-16-13(18)11-6-3-8-9(14)4-5-10(15)12(8)17-11;1-2-7-3-5-8(9)6-4-7;1-2/h3-6H,2,7H2,1H3,(H,16,18);3-6H,2H2,1H3;1-2H3. The van der Waals surface area contributed by atoms with Gasteiger partial charge in [-0.3, -0.25) is 4.79 Å². The van der Waals surface area contributed by atoms with Crippen molar-refractivity contribution in [1.29, 1.82) is 0 Å². The van der Waals surface area contributed by atoms with E-state index in [1.165, 1.54) is 17.7 Å². The number of benzene rings is 2. The van der Waals surface area contributed by atoms with Crippen LogP contribution in [0.3, 0.4) is 0 Å². The predicted octanol–water partition coefficient (Wildman–Crippen LogP) is 6.58. The molecule has 1 N–H and O–H groups in total. The van der Waals surface area contributed by atoms with Crippen LogP contribution in [0, 0.1) is 11.6 Å². The normalized spacial score (nSPS) is 9.76. The van der Waals surface area contributed by atoms with Gasteiger partial charge in [0.15, 0.2) is 0 Å². The van der Waals surface area contributed by atoms with Crippen LogP contribution in [-0.2, 0) is 6.42 Å². The molecule has 0 spiro atoms. The van der Waals surface area contributed by atoms with Gasteiger partial charge in [0.2, 0.25) is 0 Å². The number of nitrogens with zero attached hydrogens (tertiary/aromatic N) is 1. The molecule has 3 aromatic rings. The van der Waals surface area contributed by atoms with Gasteiger partial charge in [-0.1, -0.05) is 51.4 Å². The predicted molar refractivity (Wildman–Crippen MR) is 116 cm³/mol. The third-order valence-corrected chi connectivity index (χ3v) is 4.10. The van der Waals surface area contributed by atoms with E-state index in [-0.39, 0.29) is 22.5 Å². The first-order chi connectivity index (χ1) is 14.0. The molecule has 1 aromatic heterocycles. The molecule has 0 fully saturated rings. The number of pyridine rings is 1. The molecule has 3 nitrogen and oxygen atoms in total. The van der Waals surface area contributed by atoms with Crippen LogP contribution in [0.2, 0.25) is 5.02 Å². The highest BCUT2D eigenvalue weighted by molar-refractivity contribution is 6.30. The molecule has 156 valence electrons. The van der Waals surface area contributed by atoms with Crippen molar-refractivity contribution >= 4 is 28.4 Å². The van der Waals surface area contributed by atoms with Crippen molar-refractivity contribution in [2.45, 2.75) is 40.5 Å². The monoisotopic (exact) mass is 420 g/mol. The van der Waals surface area contributed by atoms with Gasteiger partial charge in [-0.15, -0.1) is 0 Å². The number of amides is 1. The van der Waals surface area contributed by atoms with E-state index in [2.05, 4.69) is 17.2 Å². The number of halogens is 3. The zero-order valence-corrected chi connectivity index (χ0v) is 18.0. The summed E-state index contributed by atoms with van der Waals surface area (Å²) in [6, 6.07) is 12.7. The quantitative estimate of drug-likeness (QED) is 0.517. The molecule has 3 rings (SSSR count). The number of rotatable bonds is 4. The van der Waals surface area contributed by atoms with E-state index in [4.69, 9.17) is 11.6 Å². The summed E-state index contributed by atoms with van der Waals surface area (Å²) >= 11 is 5.67. The Morgan fingerprint density at radius 3 is 2.17 bits per heavy atom. The largest absolute Gasteiger partial charge is 0.351 e. The maximum Gasteiger partial charge on any atom is 0.269 e. The average molecular weight is 421 g/mol. The molecule has 0 aliphatic rings. The minimum atomic E-state index is -0.642. The number of carbonyl (C=O) groups is 1. The van der Waals surface area contributed by atoms with Gasteiger partial charge in [0, 0.05) is 17.0 Å². The van der Waals surface area contributed by atoms with Crippen molar-refractivity contribution in [2.24, 2.45) is 0 Å². The first kappa shape index (κ1) is 24.5. The minimum Gasteiger partial charge on any atom is -0.351 e. The van der Waals surface area contributed by atoms with E-state index in [0.29, 0.717) is 6.54 Å². The third-order valence-electron chi connectivity index (χ3n) is 3.84. The second kappa shape index (κ2) is 12.8. The summed E-state index contributed by atoms with van der Waals surface area (Å²) in [7, 11) is 0. The fraction of sp³-hybridized carbons (Fsp3) is 0.304. The number of aryl methyl sites for hydroxylation is 1. The zero-order chi connectivity index (χ0) is 21.8. The molecule has 0 saturated carbocycles.